The van der Waals surface area contributed by atoms with E-state index in [0.717, 1.165) is 37.6 Å². The summed E-state index contributed by atoms with van der Waals surface area (Å²) >= 11 is 0. The van der Waals surface area contributed by atoms with Crippen LogP contribution in [0, 0.1) is 13.8 Å². The summed E-state index contributed by atoms with van der Waals surface area (Å²) < 4.78 is 5.32. The summed E-state index contributed by atoms with van der Waals surface area (Å²) in [7, 11) is 0. The minimum Gasteiger partial charge on any atom is -0.379 e. The second-order valence-corrected chi connectivity index (χ2v) is 6.00. The monoisotopic (exact) mass is 322 g/mol. The molecule has 2 rings (SSSR count). The van der Waals surface area contributed by atoms with Crippen LogP contribution in [-0.4, -0.2) is 54.8 Å². The zero-order valence-corrected chi connectivity index (χ0v) is 14.1. The third kappa shape index (κ3) is 5.07. The Kier molecular flexibility index (Phi) is 6.18. The Bertz CT molecular complexity index is 593. The van der Waals surface area contributed by atoms with E-state index in [1.54, 1.807) is 0 Å². The van der Waals surface area contributed by atoms with Crippen molar-refractivity contribution in [2.24, 2.45) is 0 Å². The lowest BCUT2D eigenvalue weighted by Crippen LogP contribution is -2.48. The molecule has 1 fully saturated rings. The van der Waals surface area contributed by atoms with Crippen LogP contribution in [0.1, 0.15) is 23.7 Å². The molecule has 0 aliphatic carbocycles. The zero-order valence-electron chi connectivity index (χ0n) is 14.1. The van der Waals surface area contributed by atoms with Crippen LogP contribution in [0.2, 0.25) is 0 Å². The molecule has 0 saturated carbocycles. The number of carbonyl (C=O) groups excluding carboxylic acids is 1. The normalized spacial score (nSPS) is 16.8. The van der Waals surface area contributed by atoms with Crippen LogP contribution >= 0.6 is 0 Å². The number of pyridine rings is 1. The Morgan fingerprint density at radius 1 is 1.35 bits per heavy atom. The Balaban J connectivity index is 1.78. The van der Waals surface area contributed by atoms with E-state index >= 15 is 0 Å². The SMILES string of the molecule is Cc1cc(C)c(CNC(=O)NC[C@@H](C)N2CCOCC2)c(=O)[nH]1. The number of morpholine rings is 1. The van der Waals surface area contributed by atoms with Crippen molar-refractivity contribution in [1.82, 2.24) is 20.5 Å². The van der Waals surface area contributed by atoms with Crippen LogP contribution in [-0.2, 0) is 11.3 Å². The van der Waals surface area contributed by atoms with E-state index in [4.69, 9.17) is 4.74 Å². The molecule has 2 heterocycles. The highest BCUT2D eigenvalue weighted by molar-refractivity contribution is 5.73. The predicted octanol–water partition coefficient (Wildman–Crippen LogP) is 0.512. The van der Waals surface area contributed by atoms with Gasteiger partial charge in [-0.1, -0.05) is 0 Å². The van der Waals surface area contributed by atoms with Crippen LogP contribution in [0.15, 0.2) is 10.9 Å². The van der Waals surface area contributed by atoms with Gasteiger partial charge in [0.15, 0.2) is 0 Å². The fourth-order valence-electron chi connectivity index (χ4n) is 2.72. The number of amides is 2. The first kappa shape index (κ1) is 17.5. The first-order valence-electron chi connectivity index (χ1n) is 8.00. The van der Waals surface area contributed by atoms with Crippen LogP contribution < -0.4 is 16.2 Å². The van der Waals surface area contributed by atoms with Gasteiger partial charge in [-0.3, -0.25) is 9.69 Å². The Morgan fingerprint density at radius 2 is 2.04 bits per heavy atom. The van der Waals surface area contributed by atoms with Gasteiger partial charge in [0.05, 0.1) is 19.8 Å². The molecule has 0 unspecified atom stereocenters. The van der Waals surface area contributed by atoms with Crippen molar-refractivity contribution >= 4 is 6.03 Å². The number of nitrogens with zero attached hydrogens (tertiary/aromatic N) is 1. The van der Waals surface area contributed by atoms with Crippen molar-refractivity contribution < 1.29 is 9.53 Å². The number of H-pyrrole nitrogens is 1. The van der Waals surface area contributed by atoms with E-state index in [1.165, 1.54) is 0 Å². The summed E-state index contributed by atoms with van der Waals surface area (Å²) in [6.45, 7) is 9.85. The van der Waals surface area contributed by atoms with Gasteiger partial charge in [-0.2, -0.15) is 0 Å². The maximum absolute atomic E-state index is 11.9. The van der Waals surface area contributed by atoms with Crippen molar-refractivity contribution in [3.63, 3.8) is 0 Å². The summed E-state index contributed by atoms with van der Waals surface area (Å²) in [6.07, 6.45) is 0. The van der Waals surface area contributed by atoms with Gasteiger partial charge in [0.1, 0.15) is 0 Å². The molecule has 7 nitrogen and oxygen atoms in total. The quantitative estimate of drug-likeness (QED) is 0.737. The van der Waals surface area contributed by atoms with Gasteiger partial charge < -0.3 is 20.4 Å². The molecule has 1 aromatic heterocycles. The van der Waals surface area contributed by atoms with E-state index in [2.05, 4.69) is 27.4 Å². The van der Waals surface area contributed by atoms with Gasteiger partial charge in [0, 0.05) is 36.9 Å². The van der Waals surface area contributed by atoms with Crippen molar-refractivity contribution in [2.75, 3.05) is 32.8 Å². The highest BCUT2D eigenvalue weighted by Gasteiger charge is 2.17. The fourth-order valence-corrected chi connectivity index (χ4v) is 2.72. The molecule has 7 heteroatoms. The standard InChI is InChI=1S/C16H26N4O3/c1-11-8-12(2)19-15(21)14(11)10-18-16(22)17-9-13(3)20-4-6-23-7-5-20/h8,13H,4-7,9-10H2,1-3H3,(H,19,21)(H2,17,18,22)/t13-/m1/s1. The van der Waals surface area contributed by atoms with Crippen molar-refractivity contribution in [1.29, 1.82) is 0 Å². The van der Waals surface area contributed by atoms with E-state index in [0.29, 0.717) is 12.1 Å². The molecule has 1 atom stereocenters. The Hall–Kier alpha value is -1.86. The summed E-state index contributed by atoms with van der Waals surface area (Å²) in [5, 5.41) is 5.60. The average molecular weight is 322 g/mol. The number of aromatic nitrogens is 1. The van der Waals surface area contributed by atoms with Gasteiger partial charge in [0.25, 0.3) is 5.56 Å². The maximum atomic E-state index is 11.9. The molecule has 1 aliphatic heterocycles. The summed E-state index contributed by atoms with van der Waals surface area (Å²) in [5.74, 6) is 0. The first-order valence-corrected chi connectivity index (χ1v) is 8.00. The molecule has 1 aromatic rings. The fraction of sp³-hybridized carbons (Fsp3) is 0.625. The molecule has 3 N–H and O–H groups in total. The number of hydrogen-bond acceptors (Lipinski definition) is 4. The molecule has 1 aliphatic rings. The number of aryl methyl sites for hydroxylation is 2. The van der Waals surface area contributed by atoms with Gasteiger partial charge in [0.2, 0.25) is 0 Å². The van der Waals surface area contributed by atoms with Crippen LogP contribution in [0.25, 0.3) is 0 Å². The second kappa shape index (κ2) is 8.12. The number of carbonyl (C=O) groups is 1. The van der Waals surface area contributed by atoms with E-state index in [-0.39, 0.29) is 24.2 Å². The van der Waals surface area contributed by atoms with Crippen molar-refractivity contribution in [3.8, 4) is 0 Å². The van der Waals surface area contributed by atoms with E-state index < -0.39 is 0 Å². The highest BCUT2D eigenvalue weighted by atomic mass is 16.5. The molecular formula is C16H26N4O3. The number of ether oxygens (including phenoxy) is 1. The largest absolute Gasteiger partial charge is 0.379 e. The number of hydrogen-bond donors (Lipinski definition) is 3. The first-order chi connectivity index (χ1) is 11.0. The van der Waals surface area contributed by atoms with E-state index in [1.807, 2.05) is 19.9 Å². The van der Waals surface area contributed by atoms with Gasteiger partial charge in [-0.15, -0.1) is 0 Å². The summed E-state index contributed by atoms with van der Waals surface area (Å²) in [4.78, 5) is 28.9. The number of nitrogens with one attached hydrogen (secondary N) is 3. The molecule has 0 aromatic carbocycles. The minimum atomic E-state index is -0.260. The van der Waals surface area contributed by atoms with Gasteiger partial charge in [-0.05, 0) is 32.4 Å². The molecular weight excluding hydrogens is 296 g/mol. The number of aromatic amines is 1. The minimum absolute atomic E-state index is 0.149. The molecule has 23 heavy (non-hydrogen) atoms. The lowest BCUT2D eigenvalue weighted by atomic mass is 10.1. The maximum Gasteiger partial charge on any atom is 0.315 e. The molecule has 128 valence electrons. The second-order valence-electron chi connectivity index (χ2n) is 6.00. The zero-order chi connectivity index (χ0) is 16.8. The van der Waals surface area contributed by atoms with Crippen LogP contribution in [0.5, 0.6) is 0 Å². The predicted molar refractivity (Wildman–Crippen MR) is 88.6 cm³/mol. The smallest absolute Gasteiger partial charge is 0.315 e. The third-order valence-corrected chi connectivity index (χ3v) is 4.15. The molecule has 1 saturated heterocycles. The summed E-state index contributed by atoms with van der Waals surface area (Å²) in [6, 6.07) is 1.90. The molecule has 2 amide bonds. The molecule has 0 spiro atoms. The van der Waals surface area contributed by atoms with E-state index in [9.17, 15) is 9.59 Å². The van der Waals surface area contributed by atoms with Gasteiger partial charge in [-0.25, -0.2) is 4.79 Å². The summed E-state index contributed by atoms with van der Waals surface area (Å²) in [5.41, 5.74) is 2.14. The molecule has 0 radical (unpaired) electrons. The Labute approximate surface area is 136 Å². The van der Waals surface area contributed by atoms with Crippen molar-refractivity contribution in [2.45, 2.75) is 33.4 Å². The Morgan fingerprint density at radius 3 is 2.70 bits per heavy atom. The van der Waals surface area contributed by atoms with Gasteiger partial charge >= 0.3 is 6.03 Å². The van der Waals surface area contributed by atoms with Crippen LogP contribution in [0.4, 0.5) is 4.79 Å². The third-order valence-electron chi connectivity index (χ3n) is 4.15. The highest BCUT2D eigenvalue weighted by Crippen LogP contribution is 2.04. The number of urea groups is 1. The lowest BCUT2D eigenvalue weighted by molar-refractivity contribution is 0.0209. The van der Waals surface area contributed by atoms with Crippen LogP contribution in [0.3, 0.4) is 0 Å². The lowest BCUT2D eigenvalue weighted by Gasteiger charge is -2.32. The average Bonchev–Trinajstić information content (AvgIpc) is 2.52. The number of rotatable bonds is 5. The topological polar surface area (TPSA) is 86.5 Å². The van der Waals surface area contributed by atoms with Crippen molar-refractivity contribution in [3.05, 3.63) is 33.2 Å². The molecule has 0 bridgehead atoms.